The third-order valence-corrected chi connectivity index (χ3v) is 6.12. The lowest BCUT2D eigenvalue weighted by Crippen LogP contribution is -2.56. The molecule has 1 aliphatic carbocycles. The fourth-order valence-electron chi connectivity index (χ4n) is 4.66. The highest BCUT2D eigenvalue weighted by Crippen LogP contribution is 2.39. The molecule has 2 fully saturated rings. The molecule has 1 aliphatic heterocycles. The molecule has 0 spiro atoms. The molecule has 0 bridgehead atoms. The van der Waals surface area contributed by atoms with E-state index in [1.54, 1.807) is 12.1 Å². The molecule has 0 aromatic heterocycles. The Morgan fingerprint density at radius 2 is 1.89 bits per heavy atom. The molecule has 3 rings (SSSR count). The van der Waals surface area contributed by atoms with Crippen LogP contribution in [0.4, 0.5) is 0 Å². The molecular weight excluding hydrogens is 340 g/mol. The van der Waals surface area contributed by atoms with Crippen molar-refractivity contribution in [3.05, 3.63) is 35.9 Å². The predicted molar refractivity (Wildman–Crippen MR) is 104 cm³/mol. The van der Waals surface area contributed by atoms with Gasteiger partial charge < -0.3 is 10.6 Å². The molecule has 1 aromatic carbocycles. The van der Waals surface area contributed by atoms with Crippen LogP contribution in [0.3, 0.4) is 0 Å². The Hall–Kier alpha value is -2.17. The summed E-state index contributed by atoms with van der Waals surface area (Å²) in [7, 11) is 0. The zero-order chi connectivity index (χ0) is 19.4. The number of hydrogen-bond donors (Lipinski definition) is 2. The minimum absolute atomic E-state index is 0.00576. The highest BCUT2D eigenvalue weighted by Gasteiger charge is 2.41. The van der Waals surface area contributed by atoms with Gasteiger partial charge in [-0.3, -0.25) is 14.4 Å². The lowest BCUT2D eigenvalue weighted by atomic mass is 9.67. The van der Waals surface area contributed by atoms with Crippen LogP contribution in [0.1, 0.15) is 62.7 Å². The monoisotopic (exact) mass is 370 g/mol. The van der Waals surface area contributed by atoms with E-state index >= 15 is 0 Å². The summed E-state index contributed by atoms with van der Waals surface area (Å²) in [4.78, 5) is 36.5. The molecule has 1 saturated carbocycles. The second kappa shape index (κ2) is 8.68. The van der Waals surface area contributed by atoms with E-state index in [9.17, 15) is 14.4 Å². The van der Waals surface area contributed by atoms with E-state index in [1.807, 2.05) is 18.2 Å². The van der Waals surface area contributed by atoms with Gasteiger partial charge in [-0.15, -0.1) is 0 Å². The molecule has 2 N–H and O–H groups in total. The molecule has 4 atom stereocenters. The Balaban J connectivity index is 1.48. The van der Waals surface area contributed by atoms with Crippen molar-refractivity contribution < 1.29 is 14.4 Å². The number of hydrogen-bond acceptors (Lipinski definition) is 3. The van der Waals surface area contributed by atoms with Crippen LogP contribution in [0.25, 0.3) is 0 Å². The zero-order valence-electron chi connectivity index (χ0n) is 16.2. The van der Waals surface area contributed by atoms with Crippen molar-refractivity contribution in [2.75, 3.05) is 0 Å². The van der Waals surface area contributed by atoms with Crippen molar-refractivity contribution in [1.29, 1.82) is 0 Å². The molecular formula is C22H30N2O3. The van der Waals surface area contributed by atoms with E-state index in [0.717, 1.165) is 19.3 Å². The first-order valence-corrected chi connectivity index (χ1v) is 10.1. The smallest absolute Gasteiger partial charge is 0.220 e. The number of amides is 2. The van der Waals surface area contributed by atoms with E-state index in [2.05, 4.69) is 24.5 Å². The van der Waals surface area contributed by atoms with Crippen LogP contribution >= 0.6 is 0 Å². The van der Waals surface area contributed by atoms with Crippen LogP contribution in [0, 0.1) is 17.8 Å². The molecule has 0 radical (unpaired) electrons. The number of carbonyl (C=O) groups excluding carboxylic acids is 3. The third kappa shape index (κ3) is 4.96. The SMILES string of the molecule is CC(C)C1CC(=O)NC2CC(NC(=O)CCC(=O)c3ccccc3)CCC21. The molecule has 2 aliphatic rings. The number of rotatable bonds is 6. The van der Waals surface area contributed by atoms with Gasteiger partial charge in [0.15, 0.2) is 5.78 Å². The number of benzene rings is 1. The average molecular weight is 370 g/mol. The summed E-state index contributed by atoms with van der Waals surface area (Å²) in [6.07, 6.45) is 3.82. The molecule has 1 aromatic rings. The van der Waals surface area contributed by atoms with E-state index in [1.165, 1.54) is 0 Å². The predicted octanol–water partition coefficient (Wildman–Crippen LogP) is 3.10. The number of fused-ring (bicyclic) bond motifs is 1. The topological polar surface area (TPSA) is 75.3 Å². The summed E-state index contributed by atoms with van der Waals surface area (Å²) in [5, 5.41) is 6.21. The van der Waals surface area contributed by atoms with Gasteiger partial charge in [0.25, 0.3) is 0 Å². The summed E-state index contributed by atoms with van der Waals surface area (Å²) < 4.78 is 0. The van der Waals surface area contributed by atoms with Gasteiger partial charge in [0.1, 0.15) is 0 Å². The van der Waals surface area contributed by atoms with Crippen molar-refractivity contribution in [1.82, 2.24) is 10.6 Å². The van der Waals surface area contributed by atoms with Gasteiger partial charge in [0.05, 0.1) is 0 Å². The van der Waals surface area contributed by atoms with Crippen molar-refractivity contribution in [2.24, 2.45) is 17.8 Å². The minimum Gasteiger partial charge on any atom is -0.353 e. The van der Waals surface area contributed by atoms with E-state index in [4.69, 9.17) is 0 Å². The fraction of sp³-hybridized carbons (Fsp3) is 0.591. The summed E-state index contributed by atoms with van der Waals surface area (Å²) >= 11 is 0. The average Bonchev–Trinajstić information content (AvgIpc) is 2.65. The second-order valence-corrected chi connectivity index (χ2v) is 8.32. The van der Waals surface area contributed by atoms with Crippen molar-refractivity contribution in [2.45, 2.75) is 64.5 Å². The minimum atomic E-state index is -0.0784. The third-order valence-electron chi connectivity index (χ3n) is 6.12. The number of nitrogens with one attached hydrogen (secondary N) is 2. The van der Waals surface area contributed by atoms with E-state index in [-0.39, 0.29) is 42.5 Å². The molecule has 5 nitrogen and oxygen atoms in total. The maximum Gasteiger partial charge on any atom is 0.220 e. The zero-order valence-corrected chi connectivity index (χ0v) is 16.2. The number of carbonyl (C=O) groups is 3. The first-order valence-electron chi connectivity index (χ1n) is 10.1. The van der Waals surface area contributed by atoms with Crippen LogP contribution in [-0.4, -0.2) is 29.7 Å². The Labute approximate surface area is 161 Å². The summed E-state index contributed by atoms with van der Waals surface area (Å²) in [5.74, 6) is 1.49. The molecule has 5 heteroatoms. The van der Waals surface area contributed by atoms with Crippen molar-refractivity contribution in [3.63, 3.8) is 0 Å². The number of piperidine rings is 1. The quantitative estimate of drug-likeness (QED) is 0.756. The van der Waals surface area contributed by atoms with E-state index in [0.29, 0.717) is 29.7 Å². The van der Waals surface area contributed by atoms with Gasteiger partial charge in [-0.05, 0) is 37.0 Å². The van der Waals surface area contributed by atoms with Gasteiger partial charge in [-0.2, -0.15) is 0 Å². The molecule has 4 unspecified atom stereocenters. The first kappa shape index (κ1) is 19.6. The first-order chi connectivity index (χ1) is 12.9. The standard InChI is InChI=1S/C22H30N2O3/c1-14(2)18-13-22(27)24-19-12-16(8-9-17(18)19)23-21(26)11-10-20(25)15-6-4-3-5-7-15/h3-7,14,16-19H,8-13H2,1-2H3,(H,23,26)(H,24,27). The molecule has 146 valence electrons. The van der Waals surface area contributed by atoms with Crippen LogP contribution < -0.4 is 10.6 Å². The maximum atomic E-state index is 12.3. The maximum absolute atomic E-state index is 12.3. The molecule has 27 heavy (non-hydrogen) atoms. The van der Waals surface area contributed by atoms with E-state index < -0.39 is 0 Å². The summed E-state index contributed by atoms with van der Waals surface area (Å²) in [5.41, 5.74) is 0.649. The lowest BCUT2D eigenvalue weighted by molar-refractivity contribution is -0.128. The fourth-order valence-corrected chi connectivity index (χ4v) is 4.66. The summed E-state index contributed by atoms with van der Waals surface area (Å²) in [6, 6.07) is 9.31. The van der Waals surface area contributed by atoms with Gasteiger partial charge in [0.2, 0.25) is 11.8 Å². The Bertz CT molecular complexity index is 686. The Morgan fingerprint density at radius 3 is 2.59 bits per heavy atom. The van der Waals surface area contributed by atoms with Crippen LogP contribution in [0.15, 0.2) is 30.3 Å². The van der Waals surface area contributed by atoms with Crippen LogP contribution in [-0.2, 0) is 9.59 Å². The number of Topliss-reactive ketones (excluding diaryl/α,β-unsaturated/α-hetero) is 1. The van der Waals surface area contributed by atoms with Crippen LogP contribution in [0.2, 0.25) is 0 Å². The number of ketones is 1. The van der Waals surface area contributed by atoms with Gasteiger partial charge in [0, 0.05) is 36.9 Å². The summed E-state index contributed by atoms with van der Waals surface area (Å²) in [6.45, 7) is 4.38. The van der Waals surface area contributed by atoms with Gasteiger partial charge in [-0.25, -0.2) is 0 Å². The van der Waals surface area contributed by atoms with Gasteiger partial charge >= 0.3 is 0 Å². The Kier molecular flexibility index (Phi) is 6.30. The van der Waals surface area contributed by atoms with Crippen molar-refractivity contribution >= 4 is 17.6 Å². The van der Waals surface area contributed by atoms with Crippen LogP contribution in [0.5, 0.6) is 0 Å². The van der Waals surface area contributed by atoms with Gasteiger partial charge in [-0.1, -0.05) is 44.2 Å². The second-order valence-electron chi connectivity index (χ2n) is 8.32. The Morgan fingerprint density at radius 1 is 1.15 bits per heavy atom. The van der Waals surface area contributed by atoms with Crippen molar-refractivity contribution in [3.8, 4) is 0 Å². The highest BCUT2D eigenvalue weighted by atomic mass is 16.2. The largest absolute Gasteiger partial charge is 0.353 e. The lowest BCUT2D eigenvalue weighted by Gasteiger charge is -2.45. The normalized spacial score (nSPS) is 27.6. The molecule has 2 amide bonds. The highest BCUT2D eigenvalue weighted by molar-refractivity contribution is 5.97. The molecule has 1 saturated heterocycles. The molecule has 1 heterocycles.